The smallest absolute Gasteiger partial charge is 0.345 e. The minimum Gasteiger partial charge on any atom is -0.478 e. The van der Waals surface area contributed by atoms with E-state index in [1.165, 1.54) is 16.8 Å². The number of fused-ring (bicyclic) bond motifs is 1. The molecule has 0 amide bonds. The van der Waals surface area contributed by atoms with Gasteiger partial charge in [0, 0.05) is 6.07 Å². The molecule has 3 aromatic rings. The minimum atomic E-state index is -1.00. The fraction of sp³-hybridized carbons (Fsp3) is 0.0667. The highest BCUT2D eigenvalue weighted by Gasteiger charge is 2.16. The Balaban J connectivity index is 1.61. The van der Waals surface area contributed by atoms with Gasteiger partial charge < -0.3 is 19.3 Å². The van der Waals surface area contributed by atoms with Crippen LogP contribution in [0.1, 0.15) is 10.4 Å². The summed E-state index contributed by atoms with van der Waals surface area (Å²) in [6.07, 6.45) is 0. The summed E-state index contributed by atoms with van der Waals surface area (Å²) in [6.45, 7) is 0.173. The molecule has 2 heterocycles. The summed E-state index contributed by atoms with van der Waals surface area (Å²) in [5.41, 5.74) is 0.741. The molecule has 24 heavy (non-hydrogen) atoms. The highest BCUT2D eigenvalue weighted by molar-refractivity contribution is 5.87. The summed E-state index contributed by atoms with van der Waals surface area (Å²) in [5, 5.41) is 20.2. The second-order valence-electron chi connectivity index (χ2n) is 4.84. The molecule has 0 atom stereocenters. The van der Waals surface area contributed by atoms with Crippen LogP contribution in [0.4, 0.5) is 0 Å². The summed E-state index contributed by atoms with van der Waals surface area (Å²) < 4.78 is 17.6. The topological polar surface area (TPSA) is 109 Å². The van der Waals surface area contributed by atoms with Gasteiger partial charge in [0.1, 0.15) is 5.75 Å². The molecule has 1 aliphatic rings. The van der Waals surface area contributed by atoms with E-state index in [2.05, 4.69) is 15.5 Å². The Bertz CT molecular complexity index is 906. The molecule has 9 nitrogen and oxygen atoms in total. The normalized spacial score (nSPS) is 12.2. The van der Waals surface area contributed by atoms with Crippen LogP contribution in [-0.4, -0.2) is 38.1 Å². The van der Waals surface area contributed by atoms with Gasteiger partial charge in [-0.1, -0.05) is 5.10 Å². The predicted molar refractivity (Wildman–Crippen MR) is 78.8 cm³/mol. The van der Waals surface area contributed by atoms with E-state index in [1.807, 2.05) is 0 Å². The van der Waals surface area contributed by atoms with Crippen LogP contribution in [0.25, 0.3) is 5.69 Å². The average Bonchev–Trinajstić information content (AvgIpc) is 3.23. The number of aromatic carboxylic acids is 1. The number of rotatable bonds is 4. The number of carboxylic acids is 1. The van der Waals surface area contributed by atoms with Gasteiger partial charge in [0.15, 0.2) is 11.5 Å². The molecule has 0 spiro atoms. The van der Waals surface area contributed by atoms with Crippen molar-refractivity contribution in [3.8, 4) is 28.9 Å². The Kier molecular flexibility index (Phi) is 3.23. The number of aromatic nitrogens is 4. The SMILES string of the molecule is O=C(O)c1ccc(-n2nnnc2Oc2ccc3c(c2)OCO3)cc1. The predicted octanol–water partition coefficient (Wildman–Crippen LogP) is 1.88. The van der Waals surface area contributed by atoms with Crippen molar-refractivity contribution in [2.75, 3.05) is 6.79 Å². The van der Waals surface area contributed by atoms with E-state index in [0.29, 0.717) is 22.9 Å². The third kappa shape index (κ3) is 2.47. The molecule has 1 N–H and O–H groups in total. The van der Waals surface area contributed by atoms with Crippen molar-refractivity contribution in [2.45, 2.75) is 0 Å². The molecule has 9 heteroatoms. The van der Waals surface area contributed by atoms with Crippen molar-refractivity contribution in [2.24, 2.45) is 0 Å². The molecule has 2 aromatic carbocycles. The van der Waals surface area contributed by atoms with E-state index >= 15 is 0 Å². The molecular formula is C15H10N4O5. The molecule has 1 aromatic heterocycles. The highest BCUT2D eigenvalue weighted by atomic mass is 16.7. The fourth-order valence-electron chi connectivity index (χ4n) is 2.20. The van der Waals surface area contributed by atoms with E-state index in [9.17, 15) is 4.79 Å². The molecule has 0 bridgehead atoms. The first kappa shape index (κ1) is 14.0. The highest BCUT2D eigenvalue weighted by Crippen LogP contribution is 2.36. The maximum Gasteiger partial charge on any atom is 0.345 e. The quantitative estimate of drug-likeness (QED) is 0.774. The molecule has 0 fully saturated rings. The molecule has 0 radical (unpaired) electrons. The van der Waals surface area contributed by atoms with Gasteiger partial charge in [-0.25, -0.2) is 4.79 Å². The van der Waals surface area contributed by atoms with E-state index < -0.39 is 5.97 Å². The van der Waals surface area contributed by atoms with Crippen molar-refractivity contribution in [1.29, 1.82) is 0 Å². The van der Waals surface area contributed by atoms with Crippen molar-refractivity contribution in [3.63, 3.8) is 0 Å². The molecule has 1 aliphatic heterocycles. The number of ether oxygens (including phenoxy) is 3. The summed E-state index contributed by atoms with van der Waals surface area (Å²) in [5.74, 6) is 0.705. The van der Waals surface area contributed by atoms with Crippen LogP contribution in [0.3, 0.4) is 0 Å². The first-order valence-corrected chi connectivity index (χ1v) is 6.90. The van der Waals surface area contributed by atoms with Gasteiger partial charge in [0.05, 0.1) is 11.3 Å². The largest absolute Gasteiger partial charge is 0.478 e. The third-order valence-corrected chi connectivity index (χ3v) is 3.35. The first-order valence-electron chi connectivity index (χ1n) is 6.90. The zero-order chi connectivity index (χ0) is 16.5. The standard InChI is InChI=1S/C15H10N4O5/c20-14(21)9-1-3-10(4-2-9)19-15(16-17-18-19)24-11-5-6-12-13(7-11)23-8-22-12/h1-7H,8H2,(H,20,21). The van der Waals surface area contributed by atoms with Gasteiger partial charge in [-0.05, 0) is 46.8 Å². The number of nitrogens with zero attached hydrogens (tertiary/aromatic N) is 4. The van der Waals surface area contributed by atoms with Crippen molar-refractivity contribution in [1.82, 2.24) is 20.2 Å². The number of benzene rings is 2. The van der Waals surface area contributed by atoms with Gasteiger partial charge in [0.25, 0.3) is 0 Å². The second-order valence-corrected chi connectivity index (χ2v) is 4.84. The van der Waals surface area contributed by atoms with Crippen LogP contribution in [0.2, 0.25) is 0 Å². The monoisotopic (exact) mass is 326 g/mol. The lowest BCUT2D eigenvalue weighted by atomic mass is 10.2. The summed E-state index contributed by atoms with van der Waals surface area (Å²) in [7, 11) is 0. The fourth-order valence-corrected chi connectivity index (χ4v) is 2.20. The average molecular weight is 326 g/mol. The first-order chi connectivity index (χ1) is 11.7. The Morgan fingerprint density at radius 3 is 2.71 bits per heavy atom. The van der Waals surface area contributed by atoms with Crippen LogP contribution in [0.5, 0.6) is 23.3 Å². The van der Waals surface area contributed by atoms with E-state index in [0.717, 1.165) is 0 Å². The van der Waals surface area contributed by atoms with Crippen LogP contribution < -0.4 is 14.2 Å². The van der Waals surface area contributed by atoms with Crippen molar-refractivity contribution in [3.05, 3.63) is 48.0 Å². The zero-order valence-corrected chi connectivity index (χ0v) is 12.1. The summed E-state index contributed by atoms with van der Waals surface area (Å²) in [4.78, 5) is 10.9. The van der Waals surface area contributed by atoms with Crippen LogP contribution >= 0.6 is 0 Å². The van der Waals surface area contributed by atoms with Crippen LogP contribution in [-0.2, 0) is 0 Å². The lowest BCUT2D eigenvalue weighted by Gasteiger charge is -2.07. The number of carbonyl (C=O) groups is 1. The molecule has 0 unspecified atom stereocenters. The Hall–Kier alpha value is -3.62. The van der Waals surface area contributed by atoms with Crippen LogP contribution in [0, 0.1) is 0 Å². The van der Waals surface area contributed by atoms with E-state index in [1.54, 1.807) is 30.3 Å². The second kappa shape index (κ2) is 5.54. The van der Waals surface area contributed by atoms with Crippen molar-refractivity contribution < 1.29 is 24.1 Å². The Morgan fingerprint density at radius 2 is 1.92 bits per heavy atom. The van der Waals surface area contributed by atoms with E-state index in [4.69, 9.17) is 19.3 Å². The minimum absolute atomic E-state index is 0.136. The Labute approximate surface area is 135 Å². The van der Waals surface area contributed by atoms with E-state index in [-0.39, 0.29) is 18.4 Å². The number of hydrogen-bond donors (Lipinski definition) is 1. The maximum atomic E-state index is 10.9. The molecule has 120 valence electrons. The lowest BCUT2D eigenvalue weighted by Crippen LogP contribution is -2.02. The Morgan fingerprint density at radius 1 is 1.12 bits per heavy atom. The summed E-state index contributed by atoms with van der Waals surface area (Å²) in [6, 6.07) is 11.4. The molecule has 0 saturated heterocycles. The maximum absolute atomic E-state index is 10.9. The molecule has 0 saturated carbocycles. The number of hydrogen-bond acceptors (Lipinski definition) is 7. The van der Waals surface area contributed by atoms with Crippen LogP contribution in [0.15, 0.2) is 42.5 Å². The number of tetrazole rings is 1. The van der Waals surface area contributed by atoms with Gasteiger partial charge in [-0.3, -0.25) is 0 Å². The zero-order valence-electron chi connectivity index (χ0n) is 12.1. The molecular weight excluding hydrogens is 316 g/mol. The number of carboxylic acid groups (broad SMARTS) is 1. The van der Waals surface area contributed by atoms with Gasteiger partial charge in [-0.2, -0.15) is 4.68 Å². The van der Waals surface area contributed by atoms with Gasteiger partial charge in [0.2, 0.25) is 6.79 Å². The summed E-state index contributed by atoms with van der Waals surface area (Å²) >= 11 is 0. The van der Waals surface area contributed by atoms with Gasteiger partial charge >= 0.3 is 12.0 Å². The molecule has 4 rings (SSSR count). The lowest BCUT2D eigenvalue weighted by molar-refractivity contribution is 0.0697. The third-order valence-electron chi connectivity index (χ3n) is 3.35. The molecule has 0 aliphatic carbocycles. The van der Waals surface area contributed by atoms with Gasteiger partial charge in [-0.15, -0.1) is 0 Å². The van der Waals surface area contributed by atoms with Crippen molar-refractivity contribution >= 4 is 5.97 Å².